The Kier molecular flexibility index (Phi) is 4.09. The highest BCUT2D eigenvalue weighted by atomic mass is 16.3. The summed E-state index contributed by atoms with van der Waals surface area (Å²) in [6.07, 6.45) is 1.68. The normalized spacial score (nSPS) is 9.80. The third-order valence-corrected chi connectivity index (χ3v) is 2.10. The van der Waals surface area contributed by atoms with Gasteiger partial charge in [-0.1, -0.05) is 13.8 Å². The summed E-state index contributed by atoms with van der Waals surface area (Å²) in [6.45, 7) is 5.81. The maximum atomic E-state index is 11.5. The van der Waals surface area contributed by atoms with E-state index in [0.717, 1.165) is 24.3 Å². The van der Waals surface area contributed by atoms with Gasteiger partial charge in [-0.2, -0.15) is 5.10 Å². The summed E-state index contributed by atoms with van der Waals surface area (Å²) in [5.41, 5.74) is 3.43. The van der Waals surface area contributed by atoms with Crippen LogP contribution in [0.25, 0.3) is 0 Å². The van der Waals surface area contributed by atoms with Crippen LogP contribution in [0.3, 0.4) is 0 Å². The Morgan fingerprint density at radius 1 is 1.40 bits per heavy atom. The van der Waals surface area contributed by atoms with Crippen molar-refractivity contribution in [2.45, 2.75) is 33.6 Å². The molecular formula is C11H16N2O2. The third kappa shape index (κ3) is 3.23. The fourth-order valence-corrected chi connectivity index (χ4v) is 1.15. The van der Waals surface area contributed by atoms with Crippen molar-refractivity contribution in [3.63, 3.8) is 0 Å². The maximum absolute atomic E-state index is 11.5. The molecule has 1 amide bonds. The van der Waals surface area contributed by atoms with Gasteiger partial charge in [0.1, 0.15) is 5.76 Å². The number of carbonyl (C=O) groups is 1. The molecule has 4 heteroatoms. The molecule has 0 bridgehead atoms. The van der Waals surface area contributed by atoms with E-state index in [1.54, 1.807) is 19.1 Å². The molecule has 0 aliphatic heterocycles. The SMILES string of the molecule is CCC(CC)=NNC(=O)c1ccc(C)o1. The van der Waals surface area contributed by atoms with Crippen molar-refractivity contribution >= 4 is 11.6 Å². The van der Waals surface area contributed by atoms with Crippen molar-refractivity contribution < 1.29 is 9.21 Å². The first-order chi connectivity index (χ1) is 7.17. The van der Waals surface area contributed by atoms with Crippen LogP contribution in [0.1, 0.15) is 43.0 Å². The molecule has 15 heavy (non-hydrogen) atoms. The average Bonchev–Trinajstić information content (AvgIpc) is 2.66. The molecule has 1 aromatic heterocycles. The first kappa shape index (κ1) is 11.5. The summed E-state index contributed by atoms with van der Waals surface area (Å²) in [5.74, 6) is 0.709. The average molecular weight is 208 g/mol. The van der Waals surface area contributed by atoms with Crippen LogP contribution in [0, 0.1) is 6.92 Å². The van der Waals surface area contributed by atoms with Gasteiger partial charge in [-0.15, -0.1) is 0 Å². The quantitative estimate of drug-likeness (QED) is 0.610. The summed E-state index contributed by atoms with van der Waals surface area (Å²) < 4.78 is 5.16. The summed E-state index contributed by atoms with van der Waals surface area (Å²) in [5, 5.41) is 4.00. The zero-order valence-corrected chi connectivity index (χ0v) is 9.33. The fourth-order valence-electron chi connectivity index (χ4n) is 1.15. The summed E-state index contributed by atoms with van der Waals surface area (Å²) >= 11 is 0. The van der Waals surface area contributed by atoms with Gasteiger partial charge in [-0.25, -0.2) is 5.43 Å². The topological polar surface area (TPSA) is 54.6 Å². The van der Waals surface area contributed by atoms with Crippen molar-refractivity contribution in [3.05, 3.63) is 23.7 Å². The molecule has 0 atom stereocenters. The van der Waals surface area contributed by atoms with E-state index in [4.69, 9.17) is 4.42 Å². The standard InChI is InChI=1S/C11H16N2O2/c1-4-9(5-2)12-13-11(14)10-7-6-8(3)15-10/h6-7H,4-5H2,1-3H3,(H,13,14). The number of hydrogen-bond acceptors (Lipinski definition) is 3. The molecule has 4 nitrogen and oxygen atoms in total. The van der Waals surface area contributed by atoms with Gasteiger partial charge in [0.05, 0.1) is 0 Å². The third-order valence-electron chi connectivity index (χ3n) is 2.10. The van der Waals surface area contributed by atoms with E-state index in [0.29, 0.717) is 5.76 Å². The smallest absolute Gasteiger partial charge is 0.307 e. The van der Waals surface area contributed by atoms with E-state index in [-0.39, 0.29) is 5.91 Å². The Morgan fingerprint density at radius 3 is 2.53 bits per heavy atom. The molecule has 0 saturated heterocycles. The summed E-state index contributed by atoms with van der Waals surface area (Å²) in [4.78, 5) is 11.5. The molecule has 1 rings (SSSR count). The van der Waals surface area contributed by atoms with Crippen LogP contribution in [0.15, 0.2) is 21.7 Å². The van der Waals surface area contributed by atoms with Gasteiger partial charge in [-0.3, -0.25) is 4.79 Å². The Labute approximate surface area is 89.4 Å². The van der Waals surface area contributed by atoms with Crippen LogP contribution in [0.2, 0.25) is 0 Å². The molecule has 0 aromatic carbocycles. The number of nitrogens with one attached hydrogen (secondary N) is 1. The zero-order valence-electron chi connectivity index (χ0n) is 9.33. The molecule has 1 heterocycles. The van der Waals surface area contributed by atoms with E-state index in [2.05, 4.69) is 10.5 Å². The maximum Gasteiger partial charge on any atom is 0.307 e. The molecule has 1 aromatic rings. The predicted octanol–water partition coefficient (Wildman–Crippen LogP) is 2.49. The molecule has 0 spiro atoms. The predicted molar refractivity (Wildman–Crippen MR) is 58.9 cm³/mol. The van der Waals surface area contributed by atoms with Crippen LogP contribution < -0.4 is 5.43 Å². The largest absolute Gasteiger partial charge is 0.456 e. The van der Waals surface area contributed by atoms with Gasteiger partial charge in [0.2, 0.25) is 0 Å². The lowest BCUT2D eigenvalue weighted by molar-refractivity contribution is 0.0925. The van der Waals surface area contributed by atoms with Crippen LogP contribution in [-0.4, -0.2) is 11.6 Å². The van der Waals surface area contributed by atoms with Crippen LogP contribution in [0.5, 0.6) is 0 Å². The molecule has 0 unspecified atom stereocenters. The highest BCUT2D eigenvalue weighted by molar-refractivity contribution is 5.93. The lowest BCUT2D eigenvalue weighted by Gasteiger charge is -2.00. The first-order valence-electron chi connectivity index (χ1n) is 5.09. The second-order valence-electron chi connectivity index (χ2n) is 3.24. The molecule has 1 N–H and O–H groups in total. The van der Waals surface area contributed by atoms with E-state index in [1.165, 1.54) is 0 Å². The van der Waals surface area contributed by atoms with Crippen LogP contribution in [0.4, 0.5) is 0 Å². The molecule has 0 saturated carbocycles. The number of aryl methyl sites for hydroxylation is 1. The number of nitrogens with zero attached hydrogens (tertiary/aromatic N) is 1. The Bertz CT molecular complexity index is 360. The van der Waals surface area contributed by atoms with Crippen molar-refractivity contribution in [1.82, 2.24) is 5.43 Å². The van der Waals surface area contributed by atoms with Gasteiger partial charge in [0, 0.05) is 5.71 Å². The van der Waals surface area contributed by atoms with E-state index < -0.39 is 0 Å². The Hall–Kier alpha value is -1.58. The monoisotopic (exact) mass is 208 g/mol. The molecule has 0 fully saturated rings. The van der Waals surface area contributed by atoms with Gasteiger partial charge in [-0.05, 0) is 31.9 Å². The highest BCUT2D eigenvalue weighted by Gasteiger charge is 2.08. The highest BCUT2D eigenvalue weighted by Crippen LogP contribution is 2.05. The second-order valence-corrected chi connectivity index (χ2v) is 3.24. The van der Waals surface area contributed by atoms with E-state index in [9.17, 15) is 4.79 Å². The molecule has 0 aliphatic carbocycles. The number of rotatable bonds is 4. The van der Waals surface area contributed by atoms with Crippen molar-refractivity contribution in [1.29, 1.82) is 0 Å². The minimum atomic E-state index is -0.303. The minimum Gasteiger partial charge on any atom is -0.456 e. The van der Waals surface area contributed by atoms with Gasteiger partial charge >= 0.3 is 5.91 Å². The van der Waals surface area contributed by atoms with Crippen molar-refractivity contribution in [2.24, 2.45) is 5.10 Å². The van der Waals surface area contributed by atoms with E-state index in [1.807, 2.05) is 13.8 Å². The number of furan rings is 1. The van der Waals surface area contributed by atoms with Gasteiger partial charge < -0.3 is 4.42 Å². The zero-order chi connectivity index (χ0) is 11.3. The van der Waals surface area contributed by atoms with Gasteiger partial charge in [0.25, 0.3) is 0 Å². The first-order valence-corrected chi connectivity index (χ1v) is 5.09. The van der Waals surface area contributed by atoms with Crippen molar-refractivity contribution in [3.8, 4) is 0 Å². The Balaban J connectivity index is 2.60. The molecule has 0 aliphatic rings. The minimum absolute atomic E-state index is 0.294. The van der Waals surface area contributed by atoms with Gasteiger partial charge in [0.15, 0.2) is 5.76 Å². The number of carbonyl (C=O) groups excluding carboxylic acids is 1. The lowest BCUT2D eigenvalue weighted by atomic mass is 10.2. The number of amides is 1. The number of hydrogen-bond donors (Lipinski definition) is 1. The second kappa shape index (κ2) is 5.34. The molecule has 82 valence electrons. The van der Waals surface area contributed by atoms with Crippen LogP contribution >= 0.6 is 0 Å². The molecular weight excluding hydrogens is 192 g/mol. The fraction of sp³-hybridized carbons (Fsp3) is 0.455. The lowest BCUT2D eigenvalue weighted by Crippen LogP contribution is -2.18. The van der Waals surface area contributed by atoms with E-state index >= 15 is 0 Å². The number of hydrazone groups is 1. The molecule has 0 radical (unpaired) electrons. The summed E-state index contributed by atoms with van der Waals surface area (Å²) in [6, 6.07) is 3.39. The van der Waals surface area contributed by atoms with Crippen LogP contribution in [-0.2, 0) is 0 Å². The Morgan fingerprint density at radius 2 is 2.07 bits per heavy atom. The van der Waals surface area contributed by atoms with Crippen molar-refractivity contribution in [2.75, 3.05) is 0 Å². The summed E-state index contributed by atoms with van der Waals surface area (Å²) in [7, 11) is 0.